The molecule has 0 atom stereocenters. The van der Waals surface area contributed by atoms with E-state index in [1.165, 1.54) is 0 Å². The van der Waals surface area contributed by atoms with Crippen molar-refractivity contribution in [2.45, 2.75) is 46.1 Å². The Kier molecular flexibility index (Phi) is 16.3. The van der Waals surface area contributed by atoms with Crippen LogP contribution in [0.2, 0.25) is 0 Å². The first kappa shape index (κ1) is 41.7. The van der Waals surface area contributed by atoms with Gasteiger partial charge in [-0.2, -0.15) is 0 Å². The summed E-state index contributed by atoms with van der Waals surface area (Å²) in [6.07, 6.45) is 0. The zero-order chi connectivity index (χ0) is 36.9. The average Bonchev–Trinajstić information content (AvgIpc) is 3.06. The fraction of sp³-hybridized carbons (Fsp3) is 0.176. The number of aliphatic carboxylic acids is 4. The van der Waals surface area contributed by atoms with Gasteiger partial charge in [-0.25, -0.2) is 19.2 Å². The maximum atomic E-state index is 11.6. The maximum Gasteiger partial charge on any atom is 0.341 e. The summed E-state index contributed by atoms with van der Waals surface area (Å²) >= 11 is 4.64. The largest absolute Gasteiger partial charge is 0.480 e. The Morgan fingerprint density at radius 3 is 0.731 bits per heavy atom. The minimum absolute atomic E-state index is 0. The molecule has 0 amide bonds. The Morgan fingerprint density at radius 1 is 0.442 bits per heavy atom. The second kappa shape index (κ2) is 20.4. The van der Waals surface area contributed by atoms with E-state index in [2.05, 4.69) is 0 Å². The number of fused-ring (bicyclic) bond motifs is 8. The van der Waals surface area contributed by atoms with Crippen LogP contribution in [-0.4, -0.2) is 87.9 Å². The van der Waals surface area contributed by atoms with Crippen molar-refractivity contribution >= 4 is 70.9 Å². The van der Waals surface area contributed by atoms with E-state index in [0.717, 1.165) is 47.0 Å². The van der Waals surface area contributed by atoms with Crippen molar-refractivity contribution in [2.75, 3.05) is 33.0 Å². The molecule has 1 heterocycles. The van der Waals surface area contributed by atoms with Gasteiger partial charge < -0.3 is 50.0 Å². The number of hydrogen-bond donors (Lipinski definition) is 5. The van der Waals surface area contributed by atoms with Crippen LogP contribution in [0.5, 0.6) is 23.0 Å². The molecule has 0 radical (unpaired) electrons. The van der Waals surface area contributed by atoms with E-state index in [1.807, 2.05) is 0 Å². The highest BCUT2D eigenvalue weighted by Gasteiger charge is 2.24. The lowest BCUT2D eigenvalue weighted by molar-refractivity contribution is -0.140. The van der Waals surface area contributed by atoms with Crippen LogP contribution < -0.4 is 18.9 Å². The van der Waals surface area contributed by atoms with E-state index in [4.69, 9.17) is 24.1 Å². The Balaban J connectivity index is 0.00000176. The molecule has 8 bridgehead atoms. The summed E-state index contributed by atoms with van der Waals surface area (Å²) in [5.74, 6) is -3.93. The zero-order valence-corrected chi connectivity index (χ0v) is 30.4. The van der Waals surface area contributed by atoms with Gasteiger partial charge in [-0.1, -0.05) is 71.3 Å². The second-order valence-electron chi connectivity index (χ2n) is 9.79. The van der Waals surface area contributed by atoms with Crippen molar-refractivity contribution in [2.24, 2.45) is 0 Å². The molecule has 0 saturated heterocycles. The number of ether oxygens (including phenoxy) is 4. The molecule has 52 heavy (non-hydrogen) atoms. The minimum atomic E-state index is -1.21. The van der Waals surface area contributed by atoms with Crippen LogP contribution in [0.3, 0.4) is 0 Å². The average molecular weight is 793 g/mol. The van der Waals surface area contributed by atoms with Crippen molar-refractivity contribution in [1.82, 2.24) is 0 Å². The molecular formula is C34H32O14S4. The first-order chi connectivity index (χ1) is 24.5. The van der Waals surface area contributed by atoms with Gasteiger partial charge in [0.1, 0.15) is 23.0 Å². The third kappa shape index (κ3) is 11.7. The van der Waals surface area contributed by atoms with Crippen LogP contribution >= 0.6 is 47.0 Å². The maximum absolute atomic E-state index is 11.6. The number of benzene rings is 4. The van der Waals surface area contributed by atoms with Crippen molar-refractivity contribution in [3.05, 3.63) is 72.8 Å². The van der Waals surface area contributed by atoms with Crippen LogP contribution in [0.25, 0.3) is 0 Å². The molecule has 0 fully saturated rings. The highest BCUT2D eigenvalue weighted by atomic mass is 32.2. The van der Waals surface area contributed by atoms with Crippen molar-refractivity contribution in [3.63, 3.8) is 0 Å². The minimum Gasteiger partial charge on any atom is -0.480 e. The van der Waals surface area contributed by atoms with E-state index < -0.39 is 50.3 Å². The van der Waals surface area contributed by atoms with Crippen LogP contribution in [0.1, 0.15) is 6.92 Å². The van der Waals surface area contributed by atoms with Gasteiger partial charge in [-0.05, 0) is 55.5 Å². The molecule has 0 aromatic heterocycles. The van der Waals surface area contributed by atoms with Gasteiger partial charge in [0.25, 0.3) is 0 Å². The Bertz CT molecular complexity index is 1550. The second-order valence-corrected chi connectivity index (χ2v) is 14.1. The Morgan fingerprint density at radius 2 is 0.596 bits per heavy atom. The number of carboxylic acids is 4. The molecule has 5 rings (SSSR count). The molecule has 14 nitrogen and oxygen atoms in total. The molecule has 276 valence electrons. The number of aliphatic hydroxyl groups is 1. The smallest absolute Gasteiger partial charge is 0.341 e. The van der Waals surface area contributed by atoms with Gasteiger partial charge in [0, 0.05) is 6.61 Å². The zero-order valence-electron chi connectivity index (χ0n) is 27.1. The number of para-hydroxylation sites is 4. The molecule has 0 aliphatic carbocycles. The fourth-order valence-corrected chi connectivity index (χ4v) is 8.68. The van der Waals surface area contributed by atoms with Gasteiger partial charge in [0.2, 0.25) is 0 Å². The van der Waals surface area contributed by atoms with Gasteiger partial charge in [-0.15, -0.1) is 0 Å². The predicted octanol–water partition coefficient (Wildman–Crippen LogP) is 5.63. The van der Waals surface area contributed by atoms with E-state index in [9.17, 15) is 39.6 Å². The summed E-state index contributed by atoms with van der Waals surface area (Å²) in [6.45, 7) is -0.699. The number of carboxylic acid groups (broad SMARTS) is 4. The Hall–Kier alpha value is -4.72. The van der Waals surface area contributed by atoms with Crippen molar-refractivity contribution < 1.29 is 69.1 Å². The fourth-order valence-electron chi connectivity index (χ4n) is 4.20. The highest BCUT2D eigenvalue weighted by Crippen LogP contribution is 2.53. The summed E-state index contributed by atoms with van der Waals surface area (Å²) in [5.41, 5.74) is 0. The molecule has 4 aromatic carbocycles. The van der Waals surface area contributed by atoms with Crippen LogP contribution in [0.4, 0.5) is 0 Å². The molecule has 0 unspecified atom stereocenters. The number of hydrogen-bond acceptors (Lipinski definition) is 13. The van der Waals surface area contributed by atoms with Crippen LogP contribution in [0, 0.1) is 0 Å². The van der Waals surface area contributed by atoms with Crippen molar-refractivity contribution in [3.8, 4) is 23.0 Å². The highest BCUT2D eigenvalue weighted by molar-refractivity contribution is 8.01. The molecule has 1 aliphatic heterocycles. The van der Waals surface area contributed by atoms with E-state index in [0.29, 0.717) is 39.2 Å². The van der Waals surface area contributed by atoms with E-state index >= 15 is 0 Å². The summed E-state index contributed by atoms with van der Waals surface area (Å²) in [5, 5.41) is 45.4. The summed E-state index contributed by atoms with van der Waals surface area (Å²) in [6, 6.07) is 20.7. The number of aliphatic hydroxyl groups excluding tert-OH is 1. The lowest BCUT2D eigenvalue weighted by Gasteiger charge is -2.20. The number of rotatable bonds is 12. The Labute approximate surface area is 313 Å². The summed E-state index contributed by atoms with van der Waals surface area (Å²) in [4.78, 5) is 50.2. The normalized spacial score (nSPS) is 11.4. The van der Waals surface area contributed by atoms with E-state index in [-0.39, 0.29) is 35.1 Å². The number of carbonyl (C=O) groups is 4. The topological polar surface area (TPSA) is 238 Å². The third-order valence-electron chi connectivity index (χ3n) is 6.01. The SMILES string of the molecule is CCO.O.O=C(O)COc1c2cccc1Sc1cccc(c1OCC(=O)O)Sc1cccc(c1OCC(=O)O)Sc1cccc(c1OCC(=O)O)S2. The van der Waals surface area contributed by atoms with Gasteiger partial charge in [0.15, 0.2) is 26.4 Å². The van der Waals surface area contributed by atoms with E-state index in [1.54, 1.807) is 79.7 Å². The molecule has 7 N–H and O–H groups in total. The lowest BCUT2D eigenvalue weighted by Crippen LogP contribution is -2.12. The molecule has 1 aliphatic rings. The molecular weight excluding hydrogens is 761 g/mol. The van der Waals surface area contributed by atoms with Gasteiger partial charge >= 0.3 is 23.9 Å². The van der Waals surface area contributed by atoms with Gasteiger partial charge in [0.05, 0.1) is 39.2 Å². The van der Waals surface area contributed by atoms with Gasteiger partial charge in [-0.3, -0.25) is 0 Å². The molecule has 4 aromatic rings. The summed E-state index contributed by atoms with van der Waals surface area (Å²) in [7, 11) is 0. The third-order valence-corrected chi connectivity index (χ3v) is 10.3. The monoisotopic (exact) mass is 792 g/mol. The standard InChI is InChI=1S/C32H24O12S4.C2H6O.H2O/c33-25(34)13-41-29-17-5-1-6-18(29)46-20-8-3-10-22(31(20)43-15-27(37)38)48-24-12-4-11-23(32(24)44-16-28(39)40)47-21-9-2-7-19(45-17)30(21)42-14-26(35)36;1-2-3;/h1-12H,13-16H2,(H,33,34)(H,35,36)(H,37,38)(H,39,40);3H,2H2,1H3;1H2. The molecule has 18 heteroatoms. The van der Waals surface area contributed by atoms with Crippen LogP contribution in [0.15, 0.2) is 112 Å². The lowest BCUT2D eigenvalue weighted by atomic mass is 10.3. The van der Waals surface area contributed by atoms with Crippen molar-refractivity contribution in [1.29, 1.82) is 0 Å². The quantitative estimate of drug-likeness (QED) is 0.103. The summed E-state index contributed by atoms with van der Waals surface area (Å²) < 4.78 is 23.2. The first-order valence-electron chi connectivity index (χ1n) is 14.7. The van der Waals surface area contributed by atoms with Crippen LogP contribution in [-0.2, 0) is 19.2 Å². The first-order valence-corrected chi connectivity index (χ1v) is 18.0. The predicted molar refractivity (Wildman–Crippen MR) is 191 cm³/mol. The molecule has 0 spiro atoms. The molecule has 0 saturated carbocycles.